The van der Waals surface area contributed by atoms with Crippen LogP contribution in [0.2, 0.25) is 0 Å². The molecule has 0 aromatic rings. The fraction of sp³-hybridized carbons (Fsp3) is 0.923. The summed E-state index contributed by atoms with van der Waals surface area (Å²) >= 11 is 0. The first-order valence-electron chi connectivity index (χ1n) is 6.20. The predicted molar refractivity (Wildman–Crippen MR) is 65.4 cm³/mol. The third kappa shape index (κ3) is 9.77. The third-order valence-corrected chi connectivity index (χ3v) is 2.65. The van der Waals surface area contributed by atoms with Crippen LogP contribution in [0.1, 0.15) is 59.8 Å². The maximum Gasteiger partial charge on any atom is 0.217 e. The van der Waals surface area contributed by atoms with E-state index in [-0.39, 0.29) is 5.91 Å². The molecule has 2 N–H and O–H groups in total. The molecule has 2 nitrogen and oxygen atoms in total. The number of rotatable bonds is 8. The highest BCUT2D eigenvalue weighted by molar-refractivity contribution is 5.73. The smallest absolute Gasteiger partial charge is 0.217 e. The van der Waals surface area contributed by atoms with Crippen molar-refractivity contribution in [2.24, 2.45) is 23.5 Å². The van der Waals surface area contributed by atoms with Gasteiger partial charge in [-0.05, 0) is 43.4 Å². The van der Waals surface area contributed by atoms with Crippen LogP contribution >= 0.6 is 0 Å². The van der Waals surface area contributed by atoms with Crippen molar-refractivity contribution in [3.63, 3.8) is 0 Å². The van der Waals surface area contributed by atoms with E-state index in [0.29, 0.717) is 6.42 Å². The van der Waals surface area contributed by atoms with Gasteiger partial charge in [-0.1, -0.05) is 27.7 Å². The van der Waals surface area contributed by atoms with Crippen LogP contribution in [0.5, 0.6) is 0 Å². The zero-order valence-corrected chi connectivity index (χ0v) is 10.8. The third-order valence-electron chi connectivity index (χ3n) is 2.65. The molecule has 0 unspecified atom stereocenters. The normalized spacial score (nSPS) is 11.7. The average molecular weight is 213 g/mol. The molecule has 0 atom stereocenters. The monoisotopic (exact) mass is 213 g/mol. The standard InChI is InChI=1S/C13H27NO/c1-10(2)8-12(9-11(3)4)6-5-7-13(14)15/h10-12H,5-9H2,1-4H3,(H2,14,15). The minimum Gasteiger partial charge on any atom is -0.370 e. The lowest BCUT2D eigenvalue weighted by Gasteiger charge is -2.20. The first-order valence-corrected chi connectivity index (χ1v) is 6.20. The molecule has 0 radical (unpaired) electrons. The minimum atomic E-state index is -0.164. The van der Waals surface area contributed by atoms with Gasteiger partial charge in [0.1, 0.15) is 0 Å². The first kappa shape index (κ1) is 14.5. The molecule has 0 heterocycles. The summed E-state index contributed by atoms with van der Waals surface area (Å²) in [4.78, 5) is 10.6. The summed E-state index contributed by atoms with van der Waals surface area (Å²) < 4.78 is 0. The van der Waals surface area contributed by atoms with Crippen molar-refractivity contribution in [1.29, 1.82) is 0 Å². The lowest BCUT2D eigenvalue weighted by atomic mass is 9.86. The molecule has 0 aliphatic carbocycles. The molecule has 0 aromatic carbocycles. The highest BCUT2D eigenvalue weighted by atomic mass is 16.1. The van der Waals surface area contributed by atoms with Gasteiger partial charge in [0.2, 0.25) is 5.91 Å². The van der Waals surface area contributed by atoms with E-state index in [1.807, 2.05) is 0 Å². The van der Waals surface area contributed by atoms with Crippen LogP contribution < -0.4 is 5.73 Å². The highest BCUT2D eigenvalue weighted by Gasteiger charge is 2.12. The lowest BCUT2D eigenvalue weighted by Crippen LogP contribution is -2.12. The van der Waals surface area contributed by atoms with Crippen LogP contribution in [0.3, 0.4) is 0 Å². The second-order valence-corrected chi connectivity index (χ2v) is 5.48. The number of nitrogens with two attached hydrogens (primary N) is 1. The summed E-state index contributed by atoms with van der Waals surface area (Å²) in [5.74, 6) is 2.11. The van der Waals surface area contributed by atoms with Gasteiger partial charge < -0.3 is 5.73 Å². The number of hydrogen-bond donors (Lipinski definition) is 1. The van der Waals surface area contributed by atoms with Gasteiger partial charge in [-0.2, -0.15) is 0 Å². The molecule has 1 amide bonds. The highest BCUT2D eigenvalue weighted by Crippen LogP contribution is 2.24. The Labute approximate surface area is 94.6 Å². The number of amides is 1. The fourth-order valence-corrected chi connectivity index (χ4v) is 2.23. The molecule has 90 valence electrons. The SMILES string of the molecule is CC(C)CC(CCCC(N)=O)CC(C)C. The molecule has 0 aliphatic rings. The van der Waals surface area contributed by atoms with E-state index in [9.17, 15) is 4.79 Å². The summed E-state index contributed by atoms with van der Waals surface area (Å²) in [5.41, 5.74) is 5.14. The number of carbonyl (C=O) groups is 1. The van der Waals surface area contributed by atoms with Crippen molar-refractivity contribution in [2.75, 3.05) is 0 Å². The quantitative estimate of drug-likeness (QED) is 0.660. The number of carbonyl (C=O) groups excluding carboxylic acids is 1. The molecule has 15 heavy (non-hydrogen) atoms. The molecule has 0 bridgehead atoms. The number of primary amides is 1. The Morgan fingerprint density at radius 3 is 1.87 bits per heavy atom. The van der Waals surface area contributed by atoms with Gasteiger partial charge >= 0.3 is 0 Å². The second-order valence-electron chi connectivity index (χ2n) is 5.48. The van der Waals surface area contributed by atoms with Gasteiger partial charge in [0.25, 0.3) is 0 Å². The van der Waals surface area contributed by atoms with Gasteiger partial charge in [0, 0.05) is 6.42 Å². The molecule has 2 heteroatoms. The summed E-state index contributed by atoms with van der Waals surface area (Å²) in [6.07, 6.45) is 5.21. The van der Waals surface area contributed by atoms with Crippen LogP contribution in [-0.4, -0.2) is 5.91 Å². The van der Waals surface area contributed by atoms with Crippen LogP contribution in [0.4, 0.5) is 0 Å². The molecule has 0 saturated carbocycles. The average Bonchev–Trinajstić information content (AvgIpc) is 2.00. The maximum absolute atomic E-state index is 10.6. The Morgan fingerprint density at radius 2 is 1.53 bits per heavy atom. The van der Waals surface area contributed by atoms with E-state index in [1.54, 1.807) is 0 Å². The first-order chi connectivity index (χ1) is 6.91. The van der Waals surface area contributed by atoms with E-state index in [4.69, 9.17) is 5.73 Å². The Balaban J connectivity index is 3.84. The number of hydrogen-bond acceptors (Lipinski definition) is 1. The van der Waals surface area contributed by atoms with Crippen molar-refractivity contribution in [3.05, 3.63) is 0 Å². The van der Waals surface area contributed by atoms with E-state index in [1.165, 1.54) is 12.8 Å². The lowest BCUT2D eigenvalue weighted by molar-refractivity contribution is -0.118. The van der Waals surface area contributed by atoms with E-state index in [2.05, 4.69) is 27.7 Å². The Kier molecular flexibility index (Phi) is 7.45. The van der Waals surface area contributed by atoms with Gasteiger partial charge in [-0.25, -0.2) is 0 Å². The molecular formula is C13H27NO. The van der Waals surface area contributed by atoms with E-state index < -0.39 is 0 Å². The van der Waals surface area contributed by atoms with E-state index >= 15 is 0 Å². The van der Waals surface area contributed by atoms with Crippen LogP contribution in [0.25, 0.3) is 0 Å². The topological polar surface area (TPSA) is 43.1 Å². The van der Waals surface area contributed by atoms with Crippen LogP contribution in [0, 0.1) is 17.8 Å². The van der Waals surface area contributed by atoms with Gasteiger partial charge in [-0.3, -0.25) is 4.79 Å². The largest absolute Gasteiger partial charge is 0.370 e. The van der Waals surface area contributed by atoms with Gasteiger partial charge in [0.05, 0.1) is 0 Å². The summed E-state index contributed by atoms with van der Waals surface area (Å²) in [6.45, 7) is 9.06. The molecular weight excluding hydrogens is 186 g/mol. The van der Waals surface area contributed by atoms with E-state index in [0.717, 1.165) is 30.6 Å². The molecule has 0 aliphatic heterocycles. The van der Waals surface area contributed by atoms with Crippen LogP contribution in [-0.2, 0) is 4.79 Å². The van der Waals surface area contributed by atoms with Crippen molar-refractivity contribution in [1.82, 2.24) is 0 Å². The van der Waals surface area contributed by atoms with Crippen LogP contribution in [0.15, 0.2) is 0 Å². The Hall–Kier alpha value is -0.530. The Morgan fingerprint density at radius 1 is 1.07 bits per heavy atom. The van der Waals surface area contributed by atoms with Gasteiger partial charge in [0.15, 0.2) is 0 Å². The summed E-state index contributed by atoms with van der Waals surface area (Å²) in [7, 11) is 0. The van der Waals surface area contributed by atoms with Crippen molar-refractivity contribution < 1.29 is 4.79 Å². The fourth-order valence-electron chi connectivity index (χ4n) is 2.23. The molecule has 0 aromatic heterocycles. The summed E-state index contributed by atoms with van der Waals surface area (Å²) in [6, 6.07) is 0. The van der Waals surface area contributed by atoms with Crippen molar-refractivity contribution in [3.8, 4) is 0 Å². The molecule has 0 spiro atoms. The Bertz CT molecular complexity index is 165. The molecule has 0 fully saturated rings. The van der Waals surface area contributed by atoms with Crippen molar-refractivity contribution in [2.45, 2.75) is 59.8 Å². The predicted octanol–water partition coefficient (Wildman–Crippen LogP) is 3.35. The van der Waals surface area contributed by atoms with Crippen molar-refractivity contribution >= 4 is 5.91 Å². The summed E-state index contributed by atoms with van der Waals surface area (Å²) in [5, 5.41) is 0. The molecule has 0 rings (SSSR count). The maximum atomic E-state index is 10.6. The zero-order chi connectivity index (χ0) is 11.8. The van der Waals surface area contributed by atoms with Gasteiger partial charge in [-0.15, -0.1) is 0 Å². The molecule has 0 saturated heterocycles. The minimum absolute atomic E-state index is 0.164. The zero-order valence-electron chi connectivity index (χ0n) is 10.8. The second kappa shape index (κ2) is 7.72.